The number of anilines is 4. The van der Waals surface area contributed by atoms with Crippen LogP contribution < -0.4 is 9.80 Å². The predicted octanol–water partition coefficient (Wildman–Crippen LogP) is 12.7. The van der Waals surface area contributed by atoms with E-state index in [-0.39, 0.29) is 11.4 Å². The van der Waals surface area contributed by atoms with E-state index in [9.17, 15) is 10.5 Å². The van der Waals surface area contributed by atoms with Crippen molar-refractivity contribution in [3.05, 3.63) is 181 Å². The van der Waals surface area contributed by atoms with Crippen LogP contribution in [0, 0.1) is 28.1 Å². The molecule has 0 unspecified atom stereocenters. The predicted molar refractivity (Wildman–Crippen MR) is 204 cm³/mol. The van der Waals surface area contributed by atoms with E-state index < -0.39 is 50.9 Å². The van der Waals surface area contributed by atoms with E-state index in [1.807, 2.05) is 72.8 Å². The number of nitrogens with zero attached hydrogens (tertiary/aromatic N) is 4. The molecule has 0 saturated heterocycles. The van der Waals surface area contributed by atoms with Crippen molar-refractivity contribution in [1.82, 2.24) is 0 Å². The second kappa shape index (κ2) is 13.5. The van der Waals surface area contributed by atoms with E-state index in [0.717, 1.165) is 41.0 Å². The Morgan fingerprint density at radius 3 is 1.26 bits per heavy atom. The van der Waals surface area contributed by atoms with Gasteiger partial charge in [0.2, 0.25) is 0 Å². The van der Waals surface area contributed by atoms with Gasteiger partial charge < -0.3 is 9.80 Å². The molecule has 5 aromatic carbocycles. The zero-order valence-electron chi connectivity index (χ0n) is 29.2. The molecular formula is C45H34F4N4. The second-order valence-electron chi connectivity index (χ2n) is 13.1. The fourth-order valence-electron chi connectivity index (χ4n) is 6.75. The summed E-state index contributed by atoms with van der Waals surface area (Å²) >= 11 is 0. The molecule has 53 heavy (non-hydrogen) atoms. The standard InChI is InChI=1S/C45H34F4N4/c1-7-29(3)52(30(4)8-2)41-37(27-50)38(28-51)42(40-39(41)44(46,47)43(5,6)45(40,48)49)53(35-23-19-33(20-24-35)31-15-11-9-12-16-31)36-25-21-34(22-26-36)32-17-13-10-14-18-32/h7-26H,1-4H2,5-6H3. The lowest BCUT2D eigenvalue weighted by Gasteiger charge is -2.34. The average molecular weight is 707 g/mol. The summed E-state index contributed by atoms with van der Waals surface area (Å²) < 4.78 is 68.4. The van der Waals surface area contributed by atoms with E-state index in [0.29, 0.717) is 11.4 Å². The summed E-state index contributed by atoms with van der Waals surface area (Å²) in [6, 6.07) is 36.6. The molecule has 0 atom stereocenters. The van der Waals surface area contributed by atoms with Gasteiger partial charge in [0.05, 0.1) is 33.6 Å². The van der Waals surface area contributed by atoms with Crippen molar-refractivity contribution < 1.29 is 17.6 Å². The Bertz CT molecular complexity index is 2240. The van der Waals surface area contributed by atoms with Crippen molar-refractivity contribution in [3.63, 3.8) is 0 Å². The number of halogens is 4. The Hall–Kier alpha value is -6.64. The maximum atomic E-state index is 17.2. The van der Waals surface area contributed by atoms with Gasteiger partial charge in [-0.15, -0.1) is 0 Å². The van der Waals surface area contributed by atoms with Gasteiger partial charge in [-0.2, -0.15) is 10.5 Å². The molecule has 5 aromatic rings. The highest BCUT2D eigenvalue weighted by molar-refractivity contribution is 5.93. The topological polar surface area (TPSA) is 54.1 Å². The molecule has 8 heteroatoms. The molecule has 0 radical (unpaired) electrons. The Morgan fingerprint density at radius 1 is 0.566 bits per heavy atom. The van der Waals surface area contributed by atoms with E-state index in [1.165, 1.54) is 17.1 Å². The quantitative estimate of drug-likeness (QED) is 0.107. The van der Waals surface area contributed by atoms with Crippen LogP contribution in [0.1, 0.15) is 36.1 Å². The van der Waals surface area contributed by atoms with Crippen LogP contribution in [0.4, 0.5) is 40.3 Å². The summed E-state index contributed by atoms with van der Waals surface area (Å²) in [6.07, 6.45) is 2.43. The van der Waals surface area contributed by atoms with E-state index in [1.54, 1.807) is 48.5 Å². The monoisotopic (exact) mass is 706 g/mol. The van der Waals surface area contributed by atoms with Crippen molar-refractivity contribution in [2.24, 2.45) is 5.41 Å². The van der Waals surface area contributed by atoms with Crippen LogP contribution in [0.5, 0.6) is 0 Å². The van der Waals surface area contributed by atoms with E-state index in [4.69, 9.17) is 0 Å². The molecule has 0 spiro atoms. The van der Waals surface area contributed by atoms with Gasteiger partial charge in [-0.05, 0) is 72.5 Å². The van der Waals surface area contributed by atoms with Crippen molar-refractivity contribution in [2.75, 3.05) is 9.80 Å². The lowest BCUT2D eigenvalue weighted by Crippen LogP contribution is -2.39. The largest absolute Gasteiger partial charge is 0.310 e. The third-order valence-electron chi connectivity index (χ3n) is 9.83. The third-order valence-corrected chi connectivity index (χ3v) is 9.83. The van der Waals surface area contributed by atoms with Crippen LogP contribution in [-0.2, 0) is 11.8 Å². The molecule has 0 aliphatic heterocycles. The van der Waals surface area contributed by atoms with Gasteiger partial charge in [-0.25, -0.2) is 17.6 Å². The number of benzene rings is 5. The van der Waals surface area contributed by atoms with Gasteiger partial charge in [0.15, 0.2) is 0 Å². The molecule has 0 amide bonds. The number of hydrogen-bond donors (Lipinski definition) is 0. The molecule has 0 heterocycles. The molecular weight excluding hydrogens is 673 g/mol. The Labute approximate surface area is 306 Å². The number of fused-ring (bicyclic) bond motifs is 1. The van der Waals surface area contributed by atoms with Crippen LogP contribution in [-0.4, -0.2) is 0 Å². The highest BCUT2D eigenvalue weighted by Gasteiger charge is 2.73. The number of hydrogen-bond acceptors (Lipinski definition) is 4. The molecule has 1 aliphatic carbocycles. The van der Waals surface area contributed by atoms with Crippen molar-refractivity contribution in [1.29, 1.82) is 10.5 Å². The number of nitriles is 2. The summed E-state index contributed by atoms with van der Waals surface area (Å²) in [6.45, 7) is 16.7. The first-order valence-electron chi connectivity index (χ1n) is 16.6. The summed E-state index contributed by atoms with van der Waals surface area (Å²) in [4.78, 5) is 2.38. The van der Waals surface area contributed by atoms with Gasteiger partial charge in [-0.1, -0.05) is 111 Å². The molecule has 1 aliphatic rings. The molecule has 0 saturated carbocycles. The molecule has 4 nitrogen and oxygen atoms in total. The third kappa shape index (κ3) is 5.60. The van der Waals surface area contributed by atoms with E-state index >= 15 is 17.6 Å². The lowest BCUT2D eigenvalue weighted by molar-refractivity contribution is -0.212. The Morgan fingerprint density at radius 2 is 0.906 bits per heavy atom. The number of allylic oxidation sites excluding steroid dienone is 2. The van der Waals surface area contributed by atoms with Crippen LogP contribution in [0.2, 0.25) is 0 Å². The Balaban J connectivity index is 1.76. The average Bonchev–Trinajstić information content (AvgIpc) is 3.29. The molecule has 0 N–H and O–H groups in total. The van der Waals surface area contributed by atoms with Gasteiger partial charge in [-0.3, -0.25) is 0 Å². The fraction of sp³-hybridized carbons (Fsp3) is 0.111. The first-order valence-corrected chi connectivity index (χ1v) is 16.6. The highest BCUT2D eigenvalue weighted by Crippen LogP contribution is 2.70. The minimum absolute atomic E-state index is 0.0427. The fourth-order valence-corrected chi connectivity index (χ4v) is 6.75. The smallest absolute Gasteiger partial charge is 0.286 e. The summed E-state index contributed by atoms with van der Waals surface area (Å²) in [5.41, 5.74) is -3.57. The first kappa shape index (κ1) is 36.2. The molecule has 0 aromatic heterocycles. The van der Waals surface area contributed by atoms with Gasteiger partial charge >= 0.3 is 0 Å². The molecule has 262 valence electrons. The zero-order valence-corrected chi connectivity index (χ0v) is 29.2. The number of alkyl halides is 4. The van der Waals surface area contributed by atoms with Gasteiger partial charge in [0.25, 0.3) is 11.8 Å². The zero-order chi connectivity index (χ0) is 38.3. The SMILES string of the molecule is C=CC(=C)N(C(=C)C=C)c1c(C#N)c(C#N)c(N(c2ccc(-c3ccccc3)cc2)c2ccc(-c3ccccc3)cc2)c2c1C(F)(F)C(C)(C)C2(F)F. The normalized spacial score (nSPS) is 14.6. The number of rotatable bonds is 10. The second-order valence-corrected chi connectivity index (χ2v) is 13.1. The van der Waals surface area contributed by atoms with Gasteiger partial charge in [0, 0.05) is 22.8 Å². The maximum absolute atomic E-state index is 17.2. The lowest BCUT2D eigenvalue weighted by atomic mass is 9.83. The van der Waals surface area contributed by atoms with E-state index in [2.05, 4.69) is 26.3 Å². The minimum Gasteiger partial charge on any atom is -0.310 e. The maximum Gasteiger partial charge on any atom is 0.286 e. The molecule has 0 bridgehead atoms. The minimum atomic E-state index is -4.24. The van der Waals surface area contributed by atoms with Crippen LogP contribution >= 0.6 is 0 Å². The summed E-state index contributed by atoms with van der Waals surface area (Å²) in [5.74, 6) is -8.48. The Kier molecular flexibility index (Phi) is 9.20. The molecule has 6 rings (SSSR count). The summed E-state index contributed by atoms with van der Waals surface area (Å²) in [5, 5.41) is 21.6. The van der Waals surface area contributed by atoms with Crippen molar-refractivity contribution in [3.8, 4) is 34.4 Å². The molecule has 0 fully saturated rings. The van der Waals surface area contributed by atoms with Crippen molar-refractivity contribution >= 4 is 22.7 Å². The van der Waals surface area contributed by atoms with Crippen LogP contribution in [0.15, 0.2) is 159 Å². The first-order chi connectivity index (χ1) is 25.3. The highest BCUT2D eigenvalue weighted by atomic mass is 19.3. The van der Waals surface area contributed by atoms with Crippen molar-refractivity contribution in [2.45, 2.75) is 25.7 Å². The van der Waals surface area contributed by atoms with Crippen LogP contribution in [0.3, 0.4) is 0 Å². The van der Waals surface area contributed by atoms with Crippen LogP contribution in [0.25, 0.3) is 22.3 Å². The van der Waals surface area contributed by atoms with Gasteiger partial charge in [0.1, 0.15) is 17.6 Å². The summed E-state index contributed by atoms with van der Waals surface area (Å²) in [7, 11) is 0.